The van der Waals surface area contributed by atoms with Crippen LogP contribution in [0, 0.1) is 0 Å². The van der Waals surface area contributed by atoms with Crippen molar-refractivity contribution >= 4 is 19.8 Å². The average molecular weight is 915 g/mol. The highest BCUT2D eigenvalue weighted by molar-refractivity contribution is 7.47. The number of allylic oxidation sites excluding steroid dienone is 8. The van der Waals surface area contributed by atoms with Gasteiger partial charge in [0.1, 0.15) is 43.2 Å². The fourth-order valence-corrected chi connectivity index (χ4v) is 8.18. The van der Waals surface area contributed by atoms with Gasteiger partial charge in [0, 0.05) is 12.8 Å². The van der Waals surface area contributed by atoms with Crippen molar-refractivity contribution in [2.24, 2.45) is 0 Å². The van der Waals surface area contributed by atoms with E-state index >= 15 is 0 Å². The number of unbranched alkanes of at least 4 members (excludes halogenated alkanes) is 20. The molecule has 6 unspecified atom stereocenters. The van der Waals surface area contributed by atoms with E-state index in [9.17, 15) is 44.6 Å². The minimum absolute atomic E-state index is 0.0596. The second kappa shape index (κ2) is 39.0. The monoisotopic (exact) mass is 915 g/mol. The highest BCUT2D eigenvalue weighted by Crippen LogP contribution is 2.47. The van der Waals surface area contributed by atoms with Crippen molar-refractivity contribution in [3.63, 3.8) is 0 Å². The predicted octanol–water partition coefficient (Wildman–Crippen LogP) is 9.95. The molecule has 63 heavy (non-hydrogen) atoms. The normalized spacial score (nSPS) is 22.1. The van der Waals surface area contributed by atoms with Crippen LogP contribution in [0.5, 0.6) is 0 Å². The summed E-state index contributed by atoms with van der Waals surface area (Å²) in [6.45, 7) is 3.26. The molecule has 0 bridgehead atoms. The Balaban J connectivity index is 2.46. The zero-order valence-corrected chi connectivity index (χ0v) is 39.8. The van der Waals surface area contributed by atoms with E-state index in [2.05, 4.69) is 62.5 Å². The second-order valence-electron chi connectivity index (χ2n) is 17.0. The van der Waals surface area contributed by atoms with Gasteiger partial charge in [-0.05, 0) is 57.8 Å². The maximum Gasteiger partial charge on any atom is 0.472 e. The second-order valence-corrected chi connectivity index (χ2v) is 18.4. The Morgan fingerprint density at radius 2 is 0.857 bits per heavy atom. The summed E-state index contributed by atoms with van der Waals surface area (Å²) in [5, 5.41) is 50.2. The molecule has 1 rings (SSSR count). The van der Waals surface area contributed by atoms with Crippen molar-refractivity contribution < 1.29 is 63.1 Å². The van der Waals surface area contributed by atoms with E-state index in [1.165, 1.54) is 89.9 Å². The molecule has 0 aliphatic heterocycles. The highest BCUT2D eigenvalue weighted by Gasteiger charge is 2.51. The number of hydrogen-bond acceptors (Lipinski definition) is 12. The van der Waals surface area contributed by atoms with Gasteiger partial charge < -0.3 is 39.9 Å². The topological polar surface area (TPSA) is 210 Å². The van der Waals surface area contributed by atoms with Crippen LogP contribution in [0.2, 0.25) is 0 Å². The molecule has 1 aliphatic rings. The van der Waals surface area contributed by atoms with Crippen molar-refractivity contribution in [1.82, 2.24) is 0 Å². The van der Waals surface area contributed by atoms with Gasteiger partial charge in [0.25, 0.3) is 0 Å². The largest absolute Gasteiger partial charge is 0.472 e. The van der Waals surface area contributed by atoms with Crippen LogP contribution in [-0.2, 0) is 32.7 Å². The lowest BCUT2D eigenvalue weighted by Gasteiger charge is -2.41. The summed E-state index contributed by atoms with van der Waals surface area (Å²) in [5.74, 6) is -1.13. The Morgan fingerprint density at radius 3 is 1.33 bits per heavy atom. The Bertz CT molecular complexity index is 1290. The molecule has 0 aromatic rings. The van der Waals surface area contributed by atoms with E-state index in [-0.39, 0.29) is 12.8 Å². The standard InChI is InChI=1S/C49H87O13P/c1-3-5-7-9-11-13-15-17-19-20-21-22-24-26-28-30-32-34-36-38-43(51)61-41(40-60-63(57,58)62-49-47(55)45(53)44(52)46(54)48(49)56)39-59-42(50)37-35-33-31-29-27-25-23-18-16-14-12-10-8-6-4-2/h11,13,17,19,21-22,26,28,41,44-49,52-56H,3-10,12,14-16,18,20,23-25,27,29-40H2,1-2H3,(H,57,58)/t41-,44?,45-,46?,47?,48?,49?/m1/s1. The number of hydrogen-bond donors (Lipinski definition) is 6. The van der Waals surface area contributed by atoms with Gasteiger partial charge in [-0.25, -0.2) is 4.57 Å². The first-order valence-electron chi connectivity index (χ1n) is 24.4. The van der Waals surface area contributed by atoms with Gasteiger partial charge in [0.05, 0.1) is 6.61 Å². The first kappa shape index (κ1) is 58.8. The lowest BCUT2D eigenvalue weighted by molar-refractivity contribution is -0.220. The molecular weight excluding hydrogens is 828 g/mol. The zero-order valence-electron chi connectivity index (χ0n) is 38.9. The first-order chi connectivity index (χ1) is 30.4. The number of carbonyl (C=O) groups is 2. The summed E-state index contributed by atoms with van der Waals surface area (Å²) in [5.41, 5.74) is 0. The van der Waals surface area contributed by atoms with Crippen molar-refractivity contribution in [3.05, 3.63) is 48.6 Å². The van der Waals surface area contributed by atoms with Crippen LogP contribution in [0.25, 0.3) is 0 Å². The fraction of sp³-hybridized carbons (Fsp3) is 0.796. The van der Waals surface area contributed by atoms with Crippen LogP contribution in [0.1, 0.15) is 194 Å². The summed E-state index contributed by atoms with van der Waals surface area (Å²) < 4.78 is 33.5. The number of rotatable bonds is 40. The lowest BCUT2D eigenvalue weighted by atomic mass is 9.85. The third kappa shape index (κ3) is 31.4. The molecule has 0 heterocycles. The van der Waals surface area contributed by atoms with Gasteiger partial charge >= 0.3 is 19.8 Å². The fourth-order valence-electron chi connectivity index (χ4n) is 7.21. The predicted molar refractivity (Wildman–Crippen MR) is 249 cm³/mol. The third-order valence-corrected chi connectivity index (χ3v) is 12.2. The molecule has 14 heteroatoms. The molecule has 0 amide bonds. The molecule has 0 radical (unpaired) electrons. The average Bonchev–Trinajstić information content (AvgIpc) is 3.26. The van der Waals surface area contributed by atoms with Gasteiger partial charge in [0.2, 0.25) is 0 Å². The Kier molecular flexibility index (Phi) is 36.4. The van der Waals surface area contributed by atoms with Crippen LogP contribution >= 0.6 is 7.82 Å². The number of carbonyl (C=O) groups excluding carboxylic acids is 2. The summed E-state index contributed by atoms with van der Waals surface area (Å²) in [7, 11) is -5.13. The van der Waals surface area contributed by atoms with Crippen LogP contribution in [0.3, 0.4) is 0 Å². The molecule has 8 atom stereocenters. The molecule has 0 aromatic carbocycles. The molecular formula is C49H87O13P. The van der Waals surface area contributed by atoms with Crippen molar-refractivity contribution in [2.75, 3.05) is 13.2 Å². The molecule has 0 spiro atoms. The van der Waals surface area contributed by atoms with Crippen LogP contribution in [0.4, 0.5) is 0 Å². The summed E-state index contributed by atoms with van der Waals surface area (Å²) in [4.78, 5) is 35.7. The molecule has 6 N–H and O–H groups in total. The van der Waals surface area contributed by atoms with Gasteiger partial charge in [-0.15, -0.1) is 0 Å². The Labute approximate surface area is 380 Å². The Hall–Kier alpha value is -2.19. The van der Waals surface area contributed by atoms with E-state index in [4.69, 9.17) is 18.5 Å². The number of phosphoric acid groups is 1. The van der Waals surface area contributed by atoms with Gasteiger partial charge in [0.15, 0.2) is 6.10 Å². The smallest absolute Gasteiger partial charge is 0.462 e. The molecule has 1 aliphatic carbocycles. The number of esters is 2. The van der Waals surface area contributed by atoms with E-state index in [1.807, 2.05) is 0 Å². The van der Waals surface area contributed by atoms with Crippen molar-refractivity contribution in [1.29, 1.82) is 0 Å². The molecule has 1 fully saturated rings. The third-order valence-electron chi connectivity index (χ3n) is 11.2. The number of aliphatic hydroxyl groups excluding tert-OH is 5. The van der Waals surface area contributed by atoms with Gasteiger partial charge in [-0.1, -0.05) is 172 Å². The van der Waals surface area contributed by atoms with Crippen LogP contribution < -0.4 is 0 Å². The van der Waals surface area contributed by atoms with E-state index < -0.39 is 75.7 Å². The molecule has 366 valence electrons. The molecule has 0 aromatic heterocycles. The van der Waals surface area contributed by atoms with Crippen molar-refractivity contribution in [3.8, 4) is 0 Å². The van der Waals surface area contributed by atoms with Crippen LogP contribution in [0.15, 0.2) is 48.6 Å². The maximum atomic E-state index is 12.8. The van der Waals surface area contributed by atoms with Gasteiger partial charge in [-0.3, -0.25) is 18.6 Å². The Morgan fingerprint density at radius 1 is 0.492 bits per heavy atom. The van der Waals surface area contributed by atoms with E-state index in [0.717, 1.165) is 64.2 Å². The quantitative estimate of drug-likeness (QED) is 0.0147. The van der Waals surface area contributed by atoms with E-state index in [0.29, 0.717) is 12.8 Å². The lowest BCUT2D eigenvalue weighted by Crippen LogP contribution is -2.64. The number of phosphoric ester groups is 1. The zero-order chi connectivity index (χ0) is 46.4. The molecule has 1 saturated carbocycles. The minimum atomic E-state index is -5.13. The van der Waals surface area contributed by atoms with Crippen LogP contribution in [-0.4, -0.2) is 98.3 Å². The maximum absolute atomic E-state index is 12.8. The number of aliphatic hydroxyl groups is 5. The van der Waals surface area contributed by atoms with E-state index in [1.54, 1.807) is 0 Å². The highest BCUT2D eigenvalue weighted by atomic mass is 31.2. The summed E-state index contributed by atoms with van der Waals surface area (Å²) in [6.07, 6.45) is 33.0. The molecule has 13 nitrogen and oxygen atoms in total. The number of ether oxygens (including phenoxy) is 2. The first-order valence-corrected chi connectivity index (χ1v) is 25.9. The minimum Gasteiger partial charge on any atom is -0.462 e. The molecule has 0 saturated heterocycles. The SMILES string of the molecule is CCCCCC=CCC=CCC=CCC=CCCCCCC(=O)O[C@H](COC(=O)CCCCCCCCCCCCCCCCC)COP(=O)(O)OC1C(O)C(O)C(O)[C@@H](O)C1O. The van der Waals surface area contributed by atoms with Crippen molar-refractivity contribution in [2.45, 2.75) is 236 Å². The summed E-state index contributed by atoms with van der Waals surface area (Å²) in [6, 6.07) is 0. The summed E-state index contributed by atoms with van der Waals surface area (Å²) >= 11 is 0. The van der Waals surface area contributed by atoms with Gasteiger partial charge in [-0.2, -0.15) is 0 Å².